The molecule has 0 spiro atoms. The number of amides is 1. The van der Waals surface area contributed by atoms with E-state index in [2.05, 4.69) is 15.6 Å². The first-order valence-corrected chi connectivity index (χ1v) is 10.1. The van der Waals surface area contributed by atoms with Crippen molar-refractivity contribution in [2.45, 2.75) is 31.2 Å². The zero-order valence-corrected chi connectivity index (χ0v) is 17.1. The second-order valence-electron chi connectivity index (χ2n) is 7.63. The number of hydrogen-bond acceptors (Lipinski definition) is 5. The number of rotatable bonds is 7. The van der Waals surface area contributed by atoms with E-state index in [0.717, 1.165) is 35.7 Å². The summed E-state index contributed by atoms with van der Waals surface area (Å²) in [5.41, 5.74) is 2.16. The first-order chi connectivity index (χ1) is 14.5. The van der Waals surface area contributed by atoms with E-state index in [4.69, 9.17) is 4.98 Å². The maximum atomic E-state index is 12.9. The van der Waals surface area contributed by atoms with Crippen molar-refractivity contribution in [1.82, 2.24) is 19.9 Å². The van der Waals surface area contributed by atoms with Crippen molar-refractivity contribution < 1.29 is 4.79 Å². The smallest absolute Gasteiger partial charge is 0.253 e. The van der Waals surface area contributed by atoms with Crippen LogP contribution in [0.2, 0.25) is 0 Å². The van der Waals surface area contributed by atoms with E-state index in [-0.39, 0.29) is 17.5 Å². The average Bonchev–Trinajstić information content (AvgIpc) is 3.61. The molecule has 1 aliphatic carbocycles. The molecule has 1 aromatic carbocycles. The maximum absolute atomic E-state index is 12.9. The van der Waals surface area contributed by atoms with Crippen LogP contribution >= 0.6 is 0 Å². The van der Waals surface area contributed by atoms with E-state index >= 15 is 0 Å². The minimum Gasteiger partial charge on any atom is -0.373 e. The molecule has 1 aliphatic rings. The van der Waals surface area contributed by atoms with E-state index < -0.39 is 0 Å². The van der Waals surface area contributed by atoms with Crippen molar-refractivity contribution in [1.29, 1.82) is 0 Å². The summed E-state index contributed by atoms with van der Waals surface area (Å²) in [7, 11) is 3.48. The molecule has 1 fully saturated rings. The normalized spacial score (nSPS) is 14.2. The number of aryl methyl sites for hydroxylation is 1. The van der Waals surface area contributed by atoms with Gasteiger partial charge in [-0.05, 0) is 24.5 Å². The van der Waals surface area contributed by atoms with Gasteiger partial charge in [-0.25, -0.2) is 9.97 Å². The predicted octanol–water partition coefficient (Wildman–Crippen LogP) is 2.81. The summed E-state index contributed by atoms with van der Waals surface area (Å²) in [6, 6.07) is 14.5. The third-order valence-electron chi connectivity index (χ3n) is 5.26. The largest absolute Gasteiger partial charge is 0.373 e. The fourth-order valence-electron chi connectivity index (χ4n) is 3.39. The summed E-state index contributed by atoms with van der Waals surface area (Å²) in [5, 5.41) is 6.22. The van der Waals surface area contributed by atoms with Crippen LogP contribution in [0.15, 0.2) is 59.5 Å². The van der Waals surface area contributed by atoms with Crippen LogP contribution in [-0.4, -0.2) is 27.5 Å². The lowest BCUT2D eigenvalue weighted by Crippen LogP contribution is -2.31. The number of aromatic nitrogens is 3. The van der Waals surface area contributed by atoms with Gasteiger partial charge >= 0.3 is 0 Å². The SMILES string of the molecule is CNc1cc(C[C@H](NC(=O)c2ccc(=O)n(C)c2)c2ccccc2)nc(C2CC2)n1. The molecule has 7 nitrogen and oxygen atoms in total. The van der Waals surface area contributed by atoms with Gasteiger partial charge in [0.2, 0.25) is 5.56 Å². The fraction of sp³-hybridized carbons (Fsp3) is 0.304. The van der Waals surface area contributed by atoms with Gasteiger partial charge in [0.15, 0.2) is 0 Å². The summed E-state index contributed by atoms with van der Waals surface area (Å²) >= 11 is 0. The number of carbonyl (C=O) groups is 1. The topological polar surface area (TPSA) is 88.9 Å². The summed E-state index contributed by atoms with van der Waals surface area (Å²) in [6.07, 6.45) is 4.34. The lowest BCUT2D eigenvalue weighted by Gasteiger charge is -2.20. The van der Waals surface area contributed by atoms with Crippen LogP contribution in [0.3, 0.4) is 0 Å². The Hall–Kier alpha value is -3.48. The highest BCUT2D eigenvalue weighted by atomic mass is 16.2. The highest BCUT2D eigenvalue weighted by molar-refractivity contribution is 5.94. The Morgan fingerprint density at radius 2 is 1.93 bits per heavy atom. The number of hydrogen-bond donors (Lipinski definition) is 2. The Bertz CT molecular complexity index is 1110. The Balaban J connectivity index is 1.62. The van der Waals surface area contributed by atoms with E-state index in [1.807, 2.05) is 43.4 Å². The molecule has 1 saturated carbocycles. The van der Waals surface area contributed by atoms with Crippen molar-refractivity contribution in [3.05, 3.63) is 87.7 Å². The highest BCUT2D eigenvalue weighted by Crippen LogP contribution is 2.38. The molecule has 154 valence electrons. The van der Waals surface area contributed by atoms with Crippen LogP contribution < -0.4 is 16.2 Å². The summed E-state index contributed by atoms with van der Waals surface area (Å²) in [6.45, 7) is 0. The third kappa shape index (κ3) is 4.56. The van der Waals surface area contributed by atoms with Crippen LogP contribution in [0, 0.1) is 0 Å². The molecule has 0 bridgehead atoms. The molecule has 3 aromatic rings. The maximum Gasteiger partial charge on any atom is 0.253 e. The van der Waals surface area contributed by atoms with E-state index in [1.54, 1.807) is 19.3 Å². The Kier molecular flexibility index (Phi) is 5.61. The monoisotopic (exact) mass is 403 g/mol. The molecule has 2 heterocycles. The van der Waals surface area contributed by atoms with E-state index in [1.165, 1.54) is 10.6 Å². The zero-order valence-electron chi connectivity index (χ0n) is 17.1. The number of anilines is 1. The molecule has 1 atom stereocenters. The molecule has 2 aromatic heterocycles. The molecule has 2 N–H and O–H groups in total. The minimum atomic E-state index is -0.261. The van der Waals surface area contributed by atoms with Crippen LogP contribution in [0.4, 0.5) is 5.82 Å². The predicted molar refractivity (Wildman–Crippen MR) is 116 cm³/mol. The Morgan fingerprint density at radius 1 is 1.17 bits per heavy atom. The van der Waals surface area contributed by atoms with Crippen molar-refractivity contribution in [3.8, 4) is 0 Å². The van der Waals surface area contributed by atoms with Crippen molar-refractivity contribution in [2.75, 3.05) is 12.4 Å². The third-order valence-corrected chi connectivity index (χ3v) is 5.26. The molecule has 0 unspecified atom stereocenters. The molecular formula is C23H25N5O2. The second-order valence-corrected chi connectivity index (χ2v) is 7.63. The van der Waals surface area contributed by atoms with Gasteiger partial charge in [0.25, 0.3) is 5.91 Å². The number of benzene rings is 1. The van der Waals surface area contributed by atoms with Gasteiger partial charge in [0.05, 0.1) is 11.6 Å². The van der Waals surface area contributed by atoms with Gasteiger partial charge in [-0.1, -0.05) is 30.3 Å². The molecule has 0 saturated heterocycles. The number of nitrogens with zero attached hydrogens (tertiary/aromatic N) is 3. The van der Waals surface area contributed by atoms with Crippen LogP contribution in [0.1, 0.15) is 52.2 Å². The van der Waals surface area contributed by atoms with Gasteiger partial charge in [-0.15, -0.1) is 0 Å². The zero-order chi connectivity index (χ0) is 21.1. The number of carbonyl (C=O) groups excluding carboxylic acids is 1. The van der Waals surface area contributed by atoms with Gasteiger partial charge < -0.3 is 15.2 Å². The summed E-state index contributed by atoms with van der Waals surface area (Å²) in [5.74, 6) is 1.86. The standard InChI is InChI=1S/C23H25N5O2/c1-24-20-13-18(25-22(27-20)16-8-9-16)12-19(15-6-4-3-5-7-15)26-23(30)17-10-11-21(29)28(2)14-17/h3-7,10-11,13-14,16,19H,8-9,12H2,1-2H3,(H,26,30)(H,24,25,27)/t19-/m0/s1. The number of nitrogens with one attached hydrogen (secondary N) is 2. The number of pyridine rings is 1. The van der Waals surface area contributed by atoms with Crippen LogP contribution in [0.5, 0.6) is 0 Å². The van der Waals surface area contributed by atoms with Crippen molar-refractivity contribution in [3.63, 3.8) is 0 Å². The Labute approximate surface area is 175 Å². The molecule has 0 aliphatic heterocycles. The summed E-state index contributed by atoms with van der Waals surface area (Å²) < 4.78 is 1.40. The quantitative estimate of drug-likeness (QED) is 0.633. The van der Waals surface area contributed by atoms with Gasteiger partial charge in [0, 0.05) is 50.5 Å². The van der Waals surface area contributed by atoms with Crippen molar-refractivity contribution >= 4 is 11.7 Å². The highest BCUT2D eigenvalue weighted by Gasteiger charge is 2.28. The van der Waals surface area contributed by atoms with Gasteiger partial charge in [-0.2, -0.15) is 0 Å². The van der Waals surface area contributed by atoms with E-state index in [0.29, 0.717) is 17.9 Å². The molecule has 1 amide bonds. The molecular weight excluding hydrogens is 378 g/mol. The molecule has 30 heavy (non-hydrogen) atoms. The first-order valence-electron chi connectivity index (χ1n) is 10.1. The minimum absolute atomic E-state index is 0.153. The average molecular weight is 403 g/mol. The van der Waals surface area contributed by atoms with Gasteiger partial charge in [0.1, 0.15) is 11.6 Å². The first kappa shape index (κ1) is 19.8. The van der Waals surface area contributed by atoms with Crippen LogP contribution in [0.25, 0.3) is 0 Å². The van der Waals surface area contributed by atoms with Crippen LogP contribution in [-0.2, 0) is 13.5 Å². The summed E-state index contributed by atoms with van der Waals surface area (Å²) in [4.78, 5) is 33.9. The van der Waals surface area contributed by atoms with Gasteiger partial charge in [-0.3, -0.25) is 9.59 Å². The van der Waals surface area contributed by atoms with Crippen molar-refractivity contribution in [2.24, 2.45) is 7.05 Å². The second kappa shape index (κ2) is 8.49. The lowest BCUT2D eigenvalue weighted by molar-refractivity contribution is 0.0935. The molecule has 0 radical (unpaired) electrons. The Morgan fingerprint density at radius 3 is 2.60 bits per heavy atom. The molecule has 7 heteroatoms. The lowest BCUT2D eigenvalue weighted by atomic mass is 10.0. The molecule has 4 rings (SSSR count). The van der Waals surface area contributed by atoms with E-state index in [9.17, 15) is 9.59 Å². The fourth-order valence-corrected chi connectivity index (χ4v) is 3.39.